The predicted molar refractivity (Wildman–Crippen MR) is 31.6 cm³/mol. The first kappa shape index (κ1) is 4.57. The van der Waals surface area contributed by atoms with Crippen LogP contribution in [0.25, 0.3) is 0 Å². The van der Waals surface area contributed by atoms with Crippen LogP contribution in [0, 0.1) is 5.92 Å². The summed E-state index contributed by atoms with van der Waals surface area (Å²) in [6.07, 6.45) is 7.49. The Morgan fingerprint density at radius 1 is 1.50 bits per heavy atom. The van der Waals surface area contributed by atoms with Gasteiger partial charge in [-0.25, -0.2) is 0 Å². The highest BCUT2D eigenvalue weighted by atomic mass is 16.5. The molecule has 0 aromatic rings. The number of ether oxygens (including phenoxy) is 1. The van der Waals surface area contributed by atoms with Crippen LogP contribution in [0.3, 0.4) is 0 Å². The first-order valence-corrected chi connectivity index (χ1v) is 3.25. The van der Waals surface area contributed by atoms with Crippen molar-refractivity contribution in [2.24, 2.45) is 5.92 Å². The first-order valence-electron chi connectivity index (χ1n) is 3.25. The zero-order valence-electron chi connectivity index (χ0n) is 4.84. The van der Waals surface area contributed by atoms with Gasteiger partial charge in [-0.05, 0) is 12.8 Å². The number of hydrogen-bond acceptors (Lipinski definition) is 1. The van der Waals surface area contributed by atoms with E-state index >= 15 is 0 Å². The van der Waals surface area contributed by atoms with Crippen molar-refractivity contribution < 1.29 is 4.74 Å². The molecule has 1 nitrogen and oxygen atoms in total. The van der Waals surface area contributed by atoms with Gasteiger partial charge in [-0.1, -0.05) is 12.2 Å². The highest BCUT2D eigenvalue weighted by molar-refractivity contribution is 5.04. The summed E-state index contributed by atoms with van der Waals surface area (Å²) in [6.45, 7) is 0.986. The van der Waals surface area contributed by atoms with Gasteiger partial charge in [-0.3, -0.25) is 0 Å². The standard InChI is InChI=1S/C7H10O/c1-2-6-4-5-8-7(6)3-1/h1-2,6-7H,3-5H2/t6-,7-/m1/s1. The Bertz CT molecular complexity index is 118. The fourth-order valence-electron chi connectivity index (χ4n) is 1.52. The fourth-order valence-corrected chi connectivity index (χ4v) is 1.52. The zero-order valence-corrected chi connectivity index (χ0v) is 4.84. The molecule has 1 saturated heterocycles. The average molecular weight is 110 g/mol. The minimum Gasteiger partial charge on any atom is -0.377 e. The lowest BCUT2D eigenvalue weighted by Crippen LogP contribution is -2.06. The van der Waals surface area contributed by atoms with Crippen molar-refractivity contribution >= 4 is 0 Å². The molecule has 2 aliphatic rings. The van der Waals surface area contributed by atoms with Crippen molar-refractivity contribution in [2.75, 3.05) is 6.61 Å². The lowest BCUT2D eigenvalue weighted by atomic mass is 10.1. The molecular weight excluding hydrogens is 100 g/mol. The second kappa shape index (κ2) is 1.59. The molecule has 2 atom stereocenters. The van der Waals surface area contributed by atoms with Gasteiger partial charge in [0.2, 0.25) is 0 Å². The average Bonchev–Trinajstić information content (AvgIpc) is 2.15. The summed E-state index contributed by atoms with van der Waals surface area (Å²) in [5, 5.41) is 0. The lowest BCUT2D eigenvalue weighted by Gasteiger charge is -2.04. The van der Waals surface area contributed by atoms with Crippen molar-refractivity contribution in [1.29, 1.82) is 0 Å². The number of fused-ring (bicyclic) bond motifs is 1. The summed E-state index contributed by atoms with van der Waals surface area (Å²) in [5.74, 6) is 0.773. The Morgan fingerprint density at radius 3 is 3.38 bits per heavy atom. The summed E-state index contributed by atoms with van der Waals surface area (Å²) in [4.78, 5) is 0. The van der Waals surface area contributed by atoms with Gasteiger partial charge in [0.15, 0.2) is 0 Å². The van der Waals surface area contributed by atoms with Gasteiger partial charge in [-0.15, -0.1) is 0 Å². The van der Waals surface area contributed by atoms with E-state index in [1.165, 1.54) is 6.42 Å². The van der Waals surface area contributed by atoms with E-state index < -0.39 is 0 Å². The van der Waals surface area contributed by atoms with E-state index in [9.17, 15) is 0 Å². The maximum Gasteiger partial charge on any atom is 0.0672 e. The van der Waals surface area contributed by atoms with Crippen molar-refractivity contribution in [1.82, 2.24) is 0 Å². The highest BCUT2D eigenvalue weighted by Crippen LogP contribution is 2.29. The molecule has 1 aliphatic carbocycles. The van der Waals surface area contributed by atoms with Crippen molar-refractivity contribution in [3.8, 4) is 0 Å². The van der Waals surface area contributed by atoms with Gasteiger partial charge in [0.05, 0.1) is 6.10 Å². The molecule has 44 valence electrons. The van der Waals surface area contributed by atoms with Gasteiger partial charge < -0.3 is 4.74 Å². The molecule has 0 aromatic carbocycles. The molecule has 0 spiro atoms. The van der Waals surface area contributed by atoms with Crippen molar-refractivity contribution in [3.05, 3.63) is 12.2 Å². The van der Waals surface area contributed by atoms with Gasteiger partial charge in [0.1, 0.15) is 0 Å². The van der Waals surface area contributed by atoms with Crippen LogP contribution in [-0.4, -0.2) is 12.7 Å². The normalized spacial score (nSPS) is 43.0. The van der Waals surface area contributed by atoms with Crippen LogP contribution in [0.1, 0.15) is 12.8 Å². The van der Waals surface area contributed by atoms with Crippen LogP contribution in [-0.2, 0) is 4.74 Å². The minimum atomic E-state index is 0.565. The molecule has 0 radical (unpaired) electrons. The Hall–Kier alpha value is -0.300. The summed E-state index contributed by atoms with van der Waals surface area (Å²) in [6, 6.07) is 0. The zero-order chi connectivity index (χ0) is 5.40. The predicted octanol–water partition coefficient (Wildman–Crippen LogP) is 1.35. The molecule has 1 heterocycles. The van der Waals surface area contributed by atoms with E-state index in [2.05, 4.69) is 12.2 Å². The molecule has 1 heteroatoms. The van der Waals surface area contributed by atoms with E-state index in [0.717, 1.165) is 18.9 Å². The minimum absolute atomic E-state index is 0.565. The van der Waals surface area contributed by atoms with E-state index in [1.807, 2.05) is 0 Å². The molecule has 0 aromatic heterocycles. The molecule has 8 heavy (non-hydrogen) atoms. The van der Waals surface area contributed by atoms with Crippen LogP contribution < -0.4 is 0 Å². The molecule has 2 rings (SSSR count). The van der Waals surface area contributed by atoms with Crippen molar-refractivity contribution in [3.63, 3.8) is 0 Å². The Labute approximate surface area is 49.3 Å². The topological polar surface area (TPSA) is 9.23 Å². The van der Waals surface area contributed by atoms with Crippen LogP contribution in [0.5, 0.6) is 0 Å². The summed E-state index contributed by atoms with van der Waals surface area (Å²) < 4.78 is 5.41. The van der Waals surface area contributed by atoms with E-state index in [4.69, 9.17) is 4.74 Å². The van der Waals surface area contributed by atoms with E-state index in [1.54, 1.807) is 0 Å². The first-order chi connectivity index (χ1) is 3.97. The Morgan fingerprint density at radius 2 is 2.50 bits per heavy atom. The largest absolute Gasteiger partial charge is 0.377 e. The maximum absolute atomic E-state index is 5.41. The molecular formula is C7H10O. The second-order valence-corrected chi connectivity index (χ2v) is 2.53. The summed E-state index contributed by atoms with van der Waals surface area (Å²) in [5.41, 5.74) is 0. The van der Waals surface area contributed by atoms with Crippen LogP contribution in [0.15, 0.2) is 12.2 Å². The van der Waals surface area contributed by atoms with Crippen LogP contribution >= 0.6 is 0 Å². The van der Waals surface area contributed by atoms with Crippen LogP contribution in [0.2, 0.25) is 0 Å². The van der Waals surface area contributed by atoms with E-state index in [-0.39, 0.29) is 0 Å². The lowest BCUT2D eigenvalue weighted by molar-refractivity contribution is 0.107. The number of hydrogen-bond donors (Lipinski definition) is 0. The third kappa shape index (κ3) is 0.511. The molecule has 0 bridgehead atoms. The Kier molecular flexibility index (Phi) is 0.908. The number of rotatable bonds is 0. The Balaban J connectivity index is 2.13. The van der Waals surface area contributed by atoms with Gasteiger partial charge in [0.25, 0.3) is 0 Å². The second-order valence-electron chi connectivity index (χ2n) is 2.53. The summed E-state index contributed by atoms with van der Waals surface area (Å²) in [7, 11) is 0. The molecule has 0 saturated carbocycles. The highest BCUT2D eigenvalue weighted by Gasteiger charge is 2.27. The molecule has 1 aliphatic heterocycles. The van der Waals surface area contributed by atoms with Gasteiger partial charge >= 0.3 is 0 Å². The van der Waals surface area contributed by atoms with Gasteiger partial charge in [0, 0.05) is 12.5 Å². The maximum atomic E-state index is 5.41. The third-order valence-electron chi connectivity index (χ3n) is 2.01. The molecule has 1 fully saturated rings. The molecule has 0 N–H and O–H groups in total. The van der Waals surface area contributed by atoms with E-state index in [0.29, 0.717) is 6.10 Å². The monoisotopic (exact) mass is 110 g/mol. The van der Waals surface area contributed by atoms with Crippen molar-refractivity contribution in [2.45, 2.75) is 18.9 Å². The third-order valence-corrected chi connectivity index (χ3v) is 2.01. The quantitative estimate of drug-likeness (QED) is 0.428. The smallest absolute Gasteiger partial charge is 0.0672 e. The van der Waals surface area contributed by atoms with Crippen LogP contribution in [0.4, 0.5) is 0 Å². The molecule has 0 unspecified atom stereocenters. The van der Waals surface area contributed by atoms with Gasteiger partial charge in [-0.2, -0.15) is 0 Å². The molecule has 0 amide bonds. The summed E-state index contributed by atoms with van der Waals surface area (Å²) >= 11 is 0. The fraction of sp³-hybridized carbons (Fsp3) is 0.714. The SMILES string of the molecule is C1=C[C@@H]2CCO[C@@H]2C1.